The lowest BCUT2D eigenvalue weighted by molar-refractivity contribution is 0.565. The highest BCUT2D eigenvalue weighted by molar-refractivity contribution is 7.99. The van der Waals surface area contributed by atoms with E-state index >= 15 is 0 Å². The Morgan fingerprint density at radius 3 is 2.56 bits per heavy atom. The fourth-order valence-electron chi connectivity index (χ4n) is 1.12. The van der Waals surface area contributed by atoms with Crippen molar-refractivity contribution in [3.63, 3.8) is 0 Å². The van der Waals surface area contributed by atoms with Crippen molar-refractivity contribution in [3.8, 4) is 0 Å². The van der Waals surface area contributed by atoms with Crippen LogP contribution >= 0.6 is 11.8 Å². The van der Waals surface area contributed by atoms with Gasteiger partial charge in [-0.15, -0.1) is 0 Å². The summed E-state index contributed by atoms with van der Waals surface area (Å²) in [6.07, 6.45) is 1.49. The van der Waals surface area contributed by atoms with E-state index in [9.17, 15) is 8.78 Å². The smallest absolute Gasteiger partial charge is 0.140 e. The van der Waals surface area contributed by atoms with Gasteiger partial charge in [-0.3, -0.25) is 0 Å². The summed E-state index contributed by atoms with van der Waals surface area (Å²) in [5.41, 5.74) is 6.02. The van der Waals surface area contributed by atoms with E-state index < -0.39 is 11.6 Å². The van der Waals surface area contributed by atoms with E-state index in [-0.39, 0.29) is 0 Å². The second-order valence-electron chi connectivity index (χ2n) is 3.11. The van der Waals surface area contributed by atoms with Gasteiger partial charge in [0.05, 0.1) is 11.9 Å². The number of pyridine rings is 1. The molecule has 0 fully saturated rings. The first-order chi connectivity index (χ1) is 7.65. The van der Waals surface area contributed by atoms with Crippen LogP contribution in [0.25, 0.3) is 0 Å². The Labute approximate surface area is 95.5 Å². The second kappa shape index (κ2) is 4.49. The molecule has 5 heteroatoms. The third-order valence-electron chi connectivity index (χ3n) is 1.87. The molecular weight excluding hydrogens is 230 g/mol. The Kier molecular flexibility index (Phi) is 3.05. The minimum Gasteiger partial charge on any atom is -0.397 e. The molecule has 2 rings (SSSR count). The molecular formula is C11H8F2N2S. The molecule has 0 radical (unpaired) electrons. The minimum absolute atomic E-state index is 0.332. The van der Waals surface area contributed by atoms with Gasteiger partial charge in [0, 0.05) is 11.0 Å². The van der Waals surface area contributed by atoms with Crippen molar-refractivity contribution in [1.29, 1.82) is 0 Å². The number of hydrogen-bond donors (Lipinski definition) is 1. The number of anilines is 1. The van der Waals surface area contributed by atoms with Crippen LogP contribution in [0, 0.1) is 11.6 Å². The van der Waals surface area contributed by atoms with E-state index in [4.69, 9.17) is 5.73 Å². The van der Waals surface area contributed by atoms with Gasteiger partial charge in [0.15, 0.2) is 0 Å². The Hall–Kier alpha value is -1.62. The van der Waals surface area contributed by atoms with E-state index in [1.165, 1.54) is 18.3 Å². The van der Waals surface area contributed by atoms with Crippen molar-refractivity contribution in [2.45, 2.75) is 9.92 Å². The number of rotatable bonds is 2. The first-order valence-corrected chi connectivity index (χ1v) is 5.31. The molecule has 0 bridgehead atoms. The fraction of sp³-hybridized carbons (Fsp3) is 0. The molecule has 0 atom stereocenters. The molecule has 0 saturated heterocycles. The Balaban J connectivity index is 2.23. The maximum Gasteiger partial charge on any atom is 0.140 e. The van der Waals surface area contributed by atoms with Crippen LogP contribution < -0.4 is 5.73 Å². The summed E-state index contributed by atoms with van der Waals surface area (Å²) < 4.78 is 26.0. The van der Waals surface area contributed by atoms with Gasteiger partial charge in [0.1, 0.15) is 16.7 Å². The average molecular weight is 238 g/mol. The molecule has 0 unspecified atom stereocenters. The molecule has 1 aromatic heterocycles. The third-order valence-corrected chi connectivity index (χ3v) is 2.87. The monoisotopic (exact) mass is 238 g/mol. The molecule has 0 amide bonds. The predicted molar refractivity (Wildman–Crippen MR) is 59.1 cm³/mol. The van der Waals surface area contributed by atoms with Gasteiger partial charge in [-0.2, -0.15) is 0 Å². The quantitative estimate of drug-likeness (QED) is 0.873. The van der Waals surface area contributed by atoms with Gasteiger partial charge in [0.2, 0.25) is 0 Å². The van der Waals surface area contributed by atoms with Crippen molar-refractivity contribution >= 4 is 17.4 Å². The standard InChI is InChI=1S/C11H8F2N2S/c12-7-1-3-10(9(13)5-7)16-11-4-2-8(14)6-15-11/h1-6H,14H2. The van der Waals surface area contributed by atoms with Crippen LogP contribution in [0.4, 0.5) is 14.5 Å². The fourth-order valence-corrected chi connectivity index (χ4v) is 1.88. The number of aromatic nitrogens is 1. The maximum absolute atomic E-state index is 13.3. The molecule has 2 aromatic rings. The summed E-state index contributed by atoms with van der Waals surface area (Å²) in [6, 6.07) is 6.80. The number of benzene rings is 1. The number of nitrogen functional groups attached to an aromatic ring is 1. The van der Waals surface area contributed by atoms with Gasteiger partial charge in [-0.1, -0.05) is 11.8 Å². The molecule has 1 aromatic carbocycles. The molecule has 2 nitrogen and oxygen atoms in total. The lowest BCUT2D eigenvalue weighted by Crippen LogP contribution is -1.88. The van der Waals surface area contributed by atoms with Crippen molar-refractivity contribution in [2.24, 2.45) is 0 Å². The average Bonchev–Trinajstić information content (AvgIpc) is 2.25. The van der Waals surface area contributed by atoms with Gasteiger partial charge in [0.25, 0.3) is 0 Å². The number of halogens is 2. The highest BCUT2D eigenvalue weighted by atomic mass is 32.2. The van der Waals surface area contributed by atoms with Gasteiger partial charge in [-0.05, 0) is 24.3 Å². The summed E-state index contributed by atoms with van der Waals surface area (Å²) in [6.45, 7) is 0. The SMILES string of the molecule is Nc1ccc(Sc2ccc(F)cc2F)nc1. The lowest BCUT2D eigenvalue weighted by Gasteiger charge is -2.02. The van der Waals surface area contributed by atoms with Gasteiger partial charge in [-0.25, -0.2) is 13.8 Å². The van der Waals surface area contributed by atoms with Crippen LogP contribution in [0.1, 0.15) is 0 Å². The van der Waals surface area contributed by atoms with E-state index in [1.807, 2.05) is 0 Å². The summed E-state index contributed by atoms with van der Waals surface area (Å²) >= 11 is 1.12. The van der Waals surface area contributed by atoms with Crippen molar-refractivity contribution in [3.05, 3.63) is 48.2 Å². The normalized spacial score (nSPS) is 10.4. The first-order valence-electron chi connectivity index (χ1n) is 4.49. The van der Waals surface area contributed by atoms with E-state index in [2.05, 4.69) is 4.98 Å². The molecule has 82 valence electrons. The highest BCUT2D eigenvalue weighted by Gasteiger charge is 2.06. The Morgan fingerprint density at radius 1 is 1.12 bits per heavy atom. The molecule has 0 aliphatic heterocycles. The summed E-state index contributed by atoms with van der Waals surface area (Å²) in [7, 11) is 0. The number of hydrogen-bond acceptors (Lipinski definition) is 3. The molecule has 0 saturated carbocycles. The predicted octanol–water partition coefficient (Wildman–Crippen LogP) is 3.09. The molecule has 16 heavy (non-hydrogen) atoms. The zero-order valence-corrected chi connectivity index (χ0v) is 8.97. The molecule has 0 aliphatic rings. The summed E-state index contributed by atoms with van der Waals surface area (Å²) in [5, 5.41) is 0.611. The first kappa shape index (κ1) is 10.9. The molecule has 2 N–H and O–H groups in total. The Morgan fingerprint density at radius 2 is 1.94 bits per heavy atom. The van der Waals surface area contributed by atoms with Crippen LogP contribution in [0.3, 0.4) is 0 Å². The van der Waals surface area contributed by atoms with Crippen LogP contribution in [-0.2, 0) is 0 Å². The van der Waals surface area contributed by atoms with E-state index in [0.717, 1.165) is 17.8 Å². The Bertz CT molecular complexity index is 500. The van der Waals surface area contributed by atoms with Gasteiger partial charge >= 0.3 is 0 Å². The topological polar surface area (TPSA) is 38.9 Å². The zero-order chi connectivity index (χ0) is 11.5. The third kappa shape index (κ3) is 2.49. The highest BCUT2D eigenvalue weighted by Crippen LogP contribution is 2.28. The molecule has 0 aliphatic carbocycles. The molecule has 0 spiro atoms. The van der Waals surface area contributed by atoms with Crippen molar-refractivity contribution in [2.75, 3.05) is 5.73 Å². The van der Waals surface area contributed by atoms with Crippen LogP contribution in [-0.4, -0.2) is 4.98 Å². The van der Waals surface area contributed by atoms with Crippen LogP contribution in [0.2, 0.25) is 0 Å². The second-order valence-corrected chi connectivity index (χ2v) is 4.17. The van der Waals surface area contributed by atoms with Crippen molar-refractivity contribution < 1.29 is 8.78 Å². The largest absolute Gasteiger partial charge is 0.397 e. The molecule has 1 heterocycles. The minimum atomic E-state index is -0.594. The van der Waals surface area contributed by atoms with Crippen LogP contribution in [0.15, 0.2) is 46.5 Å². The van der Waals surface area contributed by atoms with Crippen LogP contribution in [0.5, 0.6) is 0 Å². The van der Waals surface area contributed by atoms with Gasteiger partial charge < -0.3 is 5.73 Å². The summed E-state index contributed by atoms with van der Waals surface area (Å²) in [5.74, 6) is -1.18. The van der Waals surface area contributed by atoms with Crippen molar-refractivity contribution in [1.82, 2.24) is 4.98 Å². The lowest BCUT2D eigenvalue weighted by atomic mass is 10.3. The summed E-state index contributed by atoms with van der Waals surface area (Å²) in [4.78, 5) is 4.35. The number of nitrogens with two attached hydrogens (primary N) is 1. The van der Waals surface area contributed by atoms with E-state index in [0.29, 0.717) is 15.6 Å². The number of nitrogens with zero attached hydrogens (tertiary/aromatic N) is 1. The zero-order valence-electron chi connectivity index (χ0n) is 8.15. The maximum atomic E-state index is 13.3. The van der Waals surface area contributed by atoms with E-state index in [1.54, 1.807) is 12.1 Å².